The average Bonchev–Trinajstić information content (AvgIpc) is 2.57. The SMILES string of the molecule is O=C1CCC(C(=O)NCCN2C(=O)CCc3ccccc32)=NN1. The molecule has 7 nitrogen and oxygen atoms in total. The maximum atomic E-state index is 12.1. The number of hydrogen-bond donors (Lipinski definition) is 2. The van der Waals surface area contributed by atoms with Gasteiger partial charge in [-0.15, -0.1) is 0 Å². The molecule has 2 aliphatic rings. The van der Waals surface area contributed by atoms with Crippen molar-refractivity contribution in [1.82, 2.24) is 10.7 Å². The van der Waals surface area contributed by atoms with Gasteiger partial charge in [-0.2, -0.15) is 5.10 Å². The normalized spacial score (nSPS) is 17.2. The lowest BCUT2D eigenvalue weighted by Gasteiger charge is -2.29. The Morgan fingerprint density at radius 2 is 2.00 bits per heavy atom. The predicted octanol–water partition coefficient (Wildman–Crippen LogP) is 0.348. The summed E-state index contributed by atoms with van der Waals surface area (Å²) in [6.45, 7) is 0.757. The van der Waals surface area contributed by atoms with Gasteiger partial charge in [-0.05, 0) is 18.1 Å². The second kappa shape index (κ2) is 6.60. The summed E-state index contributed by atoms with van der Waals surface area (Å²) in [6.07, 6.45) is 1.85. The van der Waals surface area contributed by atoms with Crippen LogP contribution in [0.5, 0.6) is 0 Å². The van der Waals surface area contributed by atoms with E-state index >= 15 is 0 Å². The molecule has 0 fully saturated rings. The lowest BCUT2D eigenvalue weighted by Crippen LogP contribution is -2.43. The summed E-state index contributed by atoms with van der Waals surface area (Å²) in [5, 5.41) is 6.50. The van der Waals surface area contributed by atoms with Crippen LogP contribution in [0.25, 0.3) is 0 Å². The Hall–Kier alpha value is -2.70. The molecular weight excluding hydrogens is 296 g/mol. The fraction of sp³-hybridized carbons (Fsp3) is 0.375. The van der Waals surface area contributed by atoms with Crippen molar-refractivity contribution in [2.45, 2.75) is 25.7 Å². The van der Waals surface area contributed by atoms with Gasteiger partial charge in [0.1, 0.15) is 5.71 Å². The van der Waals surface area contributed by atoms with Gasteiger partial charge in [0, 0.05) is 38.0 Å². The fourth-order valence-corrected chi connectivity index (χ4v) is 2.76. The number of carbonyl (C=O) groups excluding carboxylic acids is 3. The molecule has 0 saturated carbocycles. The van der Waals surface area contributed by atoms with Crippen molar-refractivity contribution in [1.29, 1.82) is 0 Å². The molecule has 23 heavy (non-hydrogen) atoms. The molecule has 0 unspecified atom stereocenters. The van der Waals surface area contributed by atoms with E-state index in [4.69, 9.17) is 0 Å². The average molecular weight is 314 g/mol. The van der Waals surface area contributed by atoms with Crippen molar-refractivity contribution in [3.8, 4) is 0 Å². The highest BCUT2D eigenvalue weighted by Crippen LogP contribution is 2.26. The number of aryl methyl sites for hydroxylation is 1. The maximum absolute atomic E-state index is 12.1. The number of hydrogen-bond acceptors (Lipinski definition) is 4. The summed E-state index contributed by atoms with van der Waals surface area (Å²) in [5.41, 5.74) is 4.68. The van der Waals surface area contributed by atoms with Crippen LogP contribution in [0.4, 0.5) is 5.69 Å². The quantitative estimate of drug-likeness (QED) is 0.840. The topological polar surface area (TPSA) is 90.9 Å². The van der Waals surface area contributed by atoms with Gasteiger partial charge in [-0.25, -0.2) is 5.43 Å². The number of rotatable bonds is 4. The molecule has 0 radical (unpaired) electrons. The Kier molecular flexibility index (Phi) is 4.36. The highest BCUT2D eigenvalue weighted by Gasteiger charge is 2.24. The van der Waals surface area contributed by atoms with E-state index in [9.17, 15) is 14.4 Å². The summed E-state index contributed by atoms with van der Waals surface area (Å²) in [5.74, 6) is -0.417. The number of anilines is 1. The minimum atomic E-state index is -0.303. The molecule has 120 valence electrons. The van der Waals surface area contributed by atoms with Crippen molar-refractivity contribution in [2.75, 3.05) is 18.0 Å². The number of amides is 3. The lowest BCUT2D eigenvalue weighted by atomic mass is 10.0. The smallest absolute Gasteiger partial charge is 0.267 e. The van der Waals surface area contributed by atoms with Crippen LogP contribution in [0, 0.1) is 0 Å². The zero-order valence-electron chi connectivity index (χ0n) is 12.7. The first-order valence-corrected chi connectivity index (χ1v) is 7.67. The second-order valence-corrected chi connectivity index (χ2v) is 5.52. The number of benzene rings is 1. The highest BCUT2D eigenvalue weighted by atomic mass is 16.2. The summed E-state index contributed by atoms with van der Waals surface area (Å²) in [4.78, 5) is 36.8. The number of nitrogens with zero attached hydrogens (tertiary/aromatic N) is 2. The molecule has 0 aromatic heterocycles. The van der Waals surface area contributed by atoms with Crippen LogP contribution < -0.4 is 15.6 Å². The van der Waals surface area contributed by atoms with Crippen molar-refractivity contribution >= 4 is 29.1 Å². The first-order chi connectivity index (χ1) is 11.1. The van der Waals surface area contributed by atoms with Crippen LogP contribution >= 0.6 is 0 Å². The van der Waals surface area contributed by atoms with E-state index in [1.807, 2.05) is 24.3 Å². The van der Waals surface area contributed by atoms with E-state index in [2.05, 4.69) is 15.8 Å². The first kappa shape index (κ1) is 15.2. The van der Waals surface area contributed by atoms with E-state index in [1.165, 1.54) is 0 Å². The standard InChI is InChI=1S/C16H18N4O3/c21-14-7-6-12(18-19-14)16(23)17-9-10-20-13-4-2-1-3-11(13)5-8-15(20)22/h1-4H,5-10H2,(H,17,23)(H,19,21). The van der Waals surface area contributed by atoms with Crippen molar-refractivity contribution in [3.63, 3.8) is 0 Å². The molecule has 2 N–H and O–H groups in total. The number of fused-ring (bicyclic) bond motifs is 1. The van der Waals surface area contributed by atoms with E-state index in [0.29, 0.717) is 31.6 Å². The molecule has 2 heterocycles. The molecule has 0 saturated heterocycles. The van der Waals surface area contributed by atoms with E-state index in [-0.39, 0.29) is 24.1 Å². The monoisotopic (exact) mass is 314 g/mol. The molecule has 3 rings (SSSR count). The molecule has 2 aliphatic heterocycles. The van der Waals surface area contributed by atoms with Gasteiger partial charge >= 0.3 is 0 Å². The molecule has 0 spiro atoms. The van der Waals surface area contributed by atoms with Crippen LogP contribution in [0.2, 0.25) is 0 Å². The van der Waals surface area contributed by atoms with Gasteiger partial charge in [-0.1, -0.05) is 18.2 Å². The molecule has 0 bridgehead atoms. The van der Waals surface area contributed by atoms with Crippen LogP contribution in [0.3, 0.4) is 0 Å². The molecular formula is C16H18N4O3. The van der Waals surface area contributed by atoms with Gasteiger partial charge < -0.3 is 10.2 Å². The number of para-hydroxylation sites is 1. The predicted molar refractivity (Wildman–Crippen MR) is 84.9 cm³/mol. The lowest BCUT2D eigenvalue weighted by molar-refractivity contribution is -0.121. The number of carbonyl (C=O) groups is 3. The second-order valence-electron chi connectivity index (χ2n) is 5.52. The molecule has 1 aromatic carbocycles. The molecule has 3 amide bonds. The van der Waals surface area contributed by atoms with Crippen LogP contribution in [0.1, 0.15) is 24.8 Å². The van der Waals surface area contributed by atoms with Gasteiger partial charge in [0.15, 0.2) is 0 Å². The van der Waals surface area contributed by atoms with E-state index in [1.54, 1.807) is 4.90 Å². The van der Waals surface area contributed by atoms with Crippen LogP contribution in [-0.4, -0.2) is 36.5 Å². The first-order valence-electron chi connectivity index (χ1n) is 7.67. The van der Waals surface area contributed by atoms with Crippen molar-refractivity contribution in [2.24, 2.45) is 5.10 Å². The van der Waals surface area contributed by atoms with Crippen LogP contribution in [0.15, 0.2) is 29.4 Å². The van der Waals surface area contributed by atoms with Crippen molar-refractivity contribution < 1.29 is 14.4 Å². The Morgan fingerprint density at radius 3 is 2.78 bits per heavy atom. The maximum Gasteiger partial charge on any atom is 0.267 e. The van der Waals surface area contributed by atoms with Gasteiger partial charge in [-0.3, -0.25) is 14.4 Å². The summed E-state index contributed by atoms with van der Waals surface area (Å²) >= 11 is 0. The van der Waals surface area contributed by atoms with Crippen LogP contribution in [-0.2, 0) is 20.8 Å². The zero-order valence-corrected chi connectivity index (χ0v) is 12.7. The number of hydrazone groups is 1. The zero-order chi connectivity index (χ0) is 16.2. The number of nitrogens with one attached hydrogen (secondary N) is 2. The summed E-state index contributed by atoms with van der Waals surface area (Å²) in [6, 6.07) is 7.81. The summed E-state index contributed by atoms with van der Waals surface area (Å²) in [7, 11) is 0. The third kappa shape index (κ3) is 3.39. The molecule has 0 aliphatic carbocycles. The van der Waals surface area contributed by atoms with Gasteiger partial charge in [0.2, 0.25) is 11.8 Å². The van der Waals surface area contributed by atoms with Gasteiger partial charge in [0.25, 0.3) is 5.91 Å². The van der Waals surface area contributed by atoms with Gasteiger partial charge in [0.05, 0.1) is 0 Å². The third-order valence-electron chi connectivity index (χ3n) is 3.98. The molecule has 7 heteroatoms. The third-order valence-corrected chi connectivity index (χ3v) is 3.98. The Labute approximate surface area is 133 Å². The van der Waals surface area contributed by atoms with E-state index < -0.39 is 0 Å². The van der Waals surface area contributed by atoms with E-state index in [0.717, 1.165) is 17.7 Å². The summed E-state index contributed by atoms with van der Waals surface area (Å²) < 4.78 is 0. The Morgan fingerprint density at radius 1 is 1.17 bits per heavy atom. The minimum absolute atomic E-state index is 0.0696. The Balaban J connectivity index is 1.57. The Bertz CT molecular complexity index is 684. The highest BCUT2D eigenvalue weighted by molar-refractivity contribution is 6.39. The molecule has 0 atom stereocenters. The minimum Gasteiger partial charge on any atom is -0.349 e. The van der Waals surface area contributed by atoms with Crippen molar-refractivity contribution in [3.05, 3.63) is 29.8 Å². The fourth-order valence-electron chi connectivity index (χ4n) is 2.76. The largest absolute Gasteiger partial charge is 0.349 e. The molecule has 1 aromatic rings.